The highest BCUT2D eigenvalue weighted by atomic mass is 35.5. The second-order valence-electron chi connectivity index (χ2n) is 9.77. The van der Waals surface area contributed by atoms with Crippen molar-refractivity contribution in [3.63, 3.8) is 0 Å². The van der Waals surface area contributed by atoms with E-state index in [-0.39, 0.29) is 33.9 Å². The van der Waals surface area contributed by atoms with Crippen LogP contribution in [0, 0.1) is 5.82 Å². The van der Waals surface area contributed by atoms with E-state index in [2.05, 4.69) is 5.32 Å². The number of hydrogen-bond acceptors (Lipinski definition) is 6. The molecule has 1 N–H and O–H groups in total. The number of hydrogen-bond donors (Lipinski definition) is 1. The van der Waals surface area contributed by atoms with Crippen LogP contribution < -0.4 is 19.1 Å². The van der Waals surface area contributed by atoms with Crippen molar-refractivity contribution < 1.29 is 31.9 Å². The molecule has 43 heavy (non-hydrogen) atoms. The molecule has 0 spiro atoms. The van der Waals surface area contributed by atoms with Crippen LogP contribution in [0.5, 0.6) is 11.5 Å². The van der Waals surface area contributed by atoms with Gasteiger partial charge in [-0.15, -0.1) is 0 Å². The molecule has 232 valence electrons. The van der Waals surface area contributed by atoms with E-state index >= 15 is 0 Å². The summed E-state index contributed by atoms with van der Waals surface area (Å²) in [4.78, 5) is 28.2. The first-order chi connectivity index (χ1) is 20.3. The Balaban J connectivity index is 2.08. The Hall–Kier alpha value is -3.54. The van der Waals surface area contributed by atoms with E-state index in [9.17, 15) is 22.4 Å². The van der Waals surface area contributed by atoms with Crippen LogP contribution in [-0.4, -0.2) is 58.0 Å². The van der Waals surface area contributed by atoms with Crippen molar-refractivity contribution in [2.45, 2.75) is 50.7 Å². The molecule has 3 rings (SSSR count). The van der Waals surface area contributed by atoms with E-state index in [4.69, 9.17) is 32.7 Å². The number of benzene rings is 3. The van der Waals surface area contributed by atoms with Gasteiger partial charge >= 0.3 is 0 Å². The number of nitrogens with one attached hydrogen (secondary N) is 1. The van der Waals surface area contributed by atoms with Gasteiger partial charge in [0.05, 0.1) is 34.8 Å². The Labute approximate surface area is 261 Å². The highest BCUT2D eigenvalue weighted by Gasteiger charge is 2.33. The number of sulfonamides is 1. The van der Waals surface area contributed by atoms with Crippen molar-refractivity contribution in [3.05, 3.63) is 82.1 Å². The standard InChI is InChI=1S/C30H34Cl2FN3O6S/c1-6-19(2)34-30(38)20(3)35(17-21-7-13-25(31)26(32)15-21)29(37)18-36(23-10-8-22(33)9-11-23)43(39,40)24-12-14-27(41-4)28(16-24)42-5/h7-16,19-20H,6,17-18H2,1-5H3,(H,34,38). The highest BCUT2D eigenvalue weighted by Crippen LogP contribution is 2.32. The minimum Gasteiger partial charge on any atom is -0.493 e. The van der Waals surface area contributed by atoms with E-state index in [1.165, 1.54) is 49.5 Å². The zero-order chi connectivity index (χ0) is 31.9. The maximum Gasteiger partial charge on any atom is 0.264 e. The molecule has 0 aliphatic rings. The van der Waals surface area contributed by atoms with Gasteiger partial charge in [-0.3, -0.25) is 13.9 Å². The second-order valence-corrected chi connectivity index (χ2v) is 12.4. The van der Waals surface area contributed by atoms with Crippen LogP contribution in [0.2, 0.25) is 10.0 Å². The Morgan fingerprint density at radius 3 is 2.16 bits per heavy atom. The molecule has 0 saturated heterocycles. The van der Waals surface area contributed by atoms with Crippen molar-refractivity contribution in [2.24, 2.45) is 0 Å². The van der Waals surface area contributed by atoms with Gasteiger partial charge in [0.2, 0.25) is 11.8 Å². The Morgan fingerprint density at radius 2 is 1.58 bits per heavy atom. The molecule has 13 heteroatoms. The molecule has 0 saturated carbocycles. The molecule has 3 aromatic carbocycles. The number of carbonyl (C=O) groups is 2. The first-order valence-electron chi connectivity index (χ1n) is 13.4. The predicted molar refractivity (Wildman–Crippen MR) is 165 cm³/mol. The van der Waals surface area contributed by atoms with Crippen LogP contribution in [0.15, 0.2) is 65.6 Å². The molecule has 0 aliphatic carbocycles. The number of halogens is 3. The van der Waals surface area contributed by atoms with Gasteiger partial charge in [-0.2, -0.15) is 0 Å². The van der Waals surface area contributed by atoms with E-state index < -0.39 is 40.2 Å². The topological polar surface area (TPSA) is 105 Å². The molecule has 0 fully saturated rings. The summed E-state index contributed by atoms with van der Waals surface area (Å²) in [6.07, 6.45) is 0.668. The fraction of sp³-hybridized carbons (Fsp3) is 0.333. The van der Waals surface area contributed by atoms with Gasteiger partial charge in [0.1, 0.15) is 18.4 Å². The van der Waals surface area contributed by atoms with E-state index in [0.29, 0.717) is 22.8 Å². The molecular formula is C30H34Cl2FN3O6S. The highest BCUT2D eigenvalue weighted by molar-refractivity contribution is 7.92. The number of amides is 2. The molecule has 2 atom stereocenters. The molecule has 0 bridgehead atoms. The minimum atomic E-state index is -4.42. The van der Waals surface area contributed by atoms with Crippen LogP contribution in [-0.2, 0) is 26.2 Å². The van der Waals surface area contributed by atoms with Crippen molar-refractivity contribution in [3.8, 4) is 11.5 Å². The summed E-state index contributed by atoms with van der Waals surface area (Å²) in [5.41, 5.74) is 0.609. The third-order valence-corrected chi connectivity index (χ3v) is 9.35. The third kappa shape index (κ3) is 8.31. The summed E-state index contributed by atoms with van der Waals surface area (Å²) >= 11 is 12.3. The van der Waals surface area contributed by atoms with Crippen molar-refractivity contribution in [1.82, 2.24) is 10.2 Å². The molecule has 9 nitrogen and oxygen atoms in total. The average Bonchev–Trinajstić information content (AvgIpc) is 2.99. The first-order valence-corrected chi connectivity index (χ1v) is 15.6. The van der Waals surface area contributed by atoms with Gasteiger partial charge in [-0.1, -0.05) is 36.2 Å². The van der Waals surface area contributed by atoms with E-state index in [1.807, 2.05) is 13.8 Å². The molecular weight excluding hydrogens is 620 g/mol. The summed E-state index contributed by atoms with van der Waals surface area (Å²) in [5, 5.41) is 3.43. The second kappa shape index (κ2) is 14.8. The van der Waals surface area contributed by atoms with Crippen LogP contribution >= 0.6 is 23.2 Å². The third-order valence-electron chi connectivity index (χ3n) is 6.84. The van der Waals surface area contributed by atoms with Crippen molar-refractivity contribution >= 4 is 50.7 Å². The summed E-state index contributed by atoms with van der Waals surface area (Å²) in [6, 6.07) is 12.3. The number of ether oxygens (including phenoxy) is 2. The molecule has 0 aromatic heterocycles. The SMILES string of the molecule is CCC(C)NC(=O)C(C)N(Cc1ccc(Cl)c(Cl)c1)C(=O)CN(c1ccc(F)cc1)S(=O)(=O)c1ccc(OC)c(OC)c1. The van der Waals surface area contributed by atoms with Crippen LogP contribution in [0.4, 0.5) is 10.1 Å². The lowest BCUT2D eigenvalue weighted by Gasteiger charge is -2.32. The Morgan fingerprint density at radius 1 is 0.930 bits per heavy atom. The Bertz CT molecular complexity index is 1560. The molecule has 3 aromatic rings. The maximum absolute atomic E-state index is 14.0. The van der Waals surface area contributed by atoms with E-state index in [0.717, 1.165) is 16.4 Å². The quantitative estimate of drug-likeness (QED) is 0.255. The van der Waals surface area contributed by atoms with Crippen LogP contribution in [0.3, 0.4) is 0 Å². The smallest absolute Gasteiger partial charge is 0.264 e. The Kier molecular flexibility index (Phi) is 11.7. The normalized spacial score (nSPS) is 12.7. The van der Waals surface area contributed by atoms with Gasteiger partial charge in [0.15, 0.2) is 11.5 Å². The first kappa shape index (κ1) is 34.0. The number of rotatable bonds is 13. The lowest BCUT2D eigenvalue weighted by atomic mass is 10.1. The van der Waals surface area contributed by atoms with Gasteiger partial charge in [0, 0.05) is 18.7 Å². The molecule has 2 amide bonds. The van der Waals surface area contributed by atoms with Crippen LogP contribution in [0.25, 0.3) is 0 Å². The van der Waals surface area contributed by atoms with Gasteiger partial charge in [-0.05, 0) is 74.4 Å². The van der Waals surface area contributed by atoms with Crippen molar-refractivity contribution in [1.29, 1.82) is 0 Å². The maximum atomic E-state index is 14.0. The fourth-order valence-electron chi connectivity index (χ4n) is 4.12. The van der Waals surface area contributed by atoms with Crippen LogP contribution in [0.1, 0.15) is 32.8 Å². The van der Waals surface area contributed by atoms with Gasteiger partial charge < -0.3 is 19.7 Å². The molecule has 0 heterocycles. The number of methoxy groups -OCH3 is 2. The number of anilines is 1. The van der Waals surface area contributed by atoms with Gasteiger partial charge in [-0.25, -0.2) is 12.8 Å². The van der Waals surface area contributed by atoms with E-state index in [1.54, 1.807) is 25.1 Å². The molecule has 0 radical (unpaired) electrons. The van der Waals surface area contributed by atoms with Crippen molar-refractivity contribution in [2.75, 3.05) is 25.1 Å². The monoisotopic (exact) mass is 653 g/mol. The lowest BCUT2D eigenvalue weighted by Crippen LogP contribution is -2.52. The molecule has 2 unspecified atom stereocenters. The number of nitrogens with zero attached hydrogens (tertiary/aromatic N) is 2. The summed E-state index contributed by atoms with van der Waals surface area (Å²) in [5.74, 6) is -1.23. The zero-order valence-corrected chi connectivity index (χ0v) is 26.8. The average molecular weight is 655 g/mol. The zero-order valence-electron chi connectivity index (χ0n) is 24.4. The summed E-state index contributed by atoms with van der Waals surface area (Å²) in [7, 11) is -1.64. The number of carbonyl (C=O) groups excluding carboxylic acids is 2. The summed E-state index contributed by atoms with van der Waals surface area (Å²) < 4.78 is 53.2. The summed E-state index contributed by atoms with van der Waals surface area (Å²) in [6.45, 7) is 4.52. The molecule has 0 aliphatic heterocycles. The lowest BCUT2D eigenvalue weighted by molar-refractivity contribution is -0.139. The minimum absolute atomic E-state index is 0.0377. The largest absolute Gasteiger partial charge is 0.493 e. The van der Waals surface area contributed by atoms with Gasteiger partial charge in [0.25, 0.3) is 10.0 Å². The fourth-order valence-corrected chi connectivity index (χ4v) is 5.87. The predicted octanol–water partition coefficient (Wildman–Crippen LogP) is 5.68.